The van der Waals surface area contributed by atoms with E-state index < -0.39 is 0 Å². The number of piperazine rings is 1. The van der Waals surface area contributed by atoms with Gasteiger partial charge in [0.25, 0.3) is 0 Å². The molecule has 1 aliphatic heterocycles. The lowest BCUT2D eigenvalue weighted by Gasteiger charge is -2.43. The summed E-state index contributed by atoms with van der Waals surface area (Å²) < 4.78 is 0. The maximum Gasteiger partial charge on any atom is 0.0373 e. The zero-order valence-electron chi connectivity index (χ0n) is 12.5. The minimum absolute atomic E-state index is 0.667. The van der Waals surface area contributed by atoms with Gasteiger partial charge in [-0.05, 0) is 33.5 Å². The number of hydrogen-bond acceptors (Lipinski definition) is 3. The molecule has 3 nitrogen and oxygen atoms in total. The van der Waals surface area contributed by atoms with E-state index in [-0.39, 0.29) is 0 Å². The van der Waals surface area contributed by atoms with E-state index in [4.69, 9.17) is 0 Å². The monoisotopic (exact) mass is 253 g/mol. The van der Waals surface area contributed by atoms with E-state index in [0.29, 0.717) is 12.1 Å². The summed E-state index contributed by atoms with van der Waals surface area (Å²) in [6, 6.07) is 1.36. The van der Waals surface area contributed by atoms with Gasteiger partial charge in [-0.1, -0.05) is 32.1 Å². The van der Waals surface area contributed by atoms with Gasteiger partial charge in [0.2, 0.25) is 0 Å². The number of nitrogens with one attached hydrogen (secondary N) is 1. The van der Waals surface area contributed by atoms with Crippen molar-refractivity contribution in [2.75, 3.05) is 40.8 Å². The first kappa shape index (κ1) is 14.3. The van der Waals surface area contributed by atoms with Crippen molar-refractivity contribution < 1.29 is 0 Å². The highest BCUT2D eigenvalue weighted by molar-refractivity contribution is 4.89. The third-order valence-corrected chi connectivity index (χ3v) is 5.05. The van der Waals surface area contributed by atoms with E-state index in [1.807, 2.05) is 0 Å². The van der Waals surface area contributed by atoms with Crippen molar-refractivity contribution in [2.24, 2.45) is 5.92 Å². The van der Waals surface area contributed by atoms with Crippen molar-refractivity contribution in [3.05, 3.63) is 0 Å². The number of likely N-dealkylation sites (N-methyl/N-ethyl adjacent to an activating group) is 3. The Balaban J connectivity index is 1.89. The van der Waals surface area contributed by atoms with Gasteiger partial charge in [0.05, 0.1) is 0 Å². The van der Waals surface area contributed by atoms with Crippen molar-refractivity contribution in [1.29, 1.82) is 0 Å². The molecule has 0 amide bonds. The van der Waals surface area contributed by atoms with Gasteiger partial charge in [-0.3, -0.25) is 4.90 Å². The maximum absolute atomic E-state index is 3.60. The average Bonchev–Trinajstić information content (AvgIpc) is 2.40. The fourth-order valence-electron chi connectivity index (χ4n) is 3.73. The molecule has 3 heteroatoms. The van der Waals surface area contributed by atoms with Crippen LogP contribution < -0.4 is 5.32 Å². The summed E-state index contributed by atoms with van der Waals surface area (Å²) in [5.74, 6) is 0.969. The first-order valence-electron chi connectivity index (χ1n) is 7.76. The molecule has 2 aliphatic rings. The molecule has 18 heavy (non-hydrogen) atoms. The molecule has 1 aliphatic carbocycles. The molecule has 1 heterocycles. The van der Waals surface area contributed by atoms with Crippen molar-refractivity contribution >= 4 is 0 Å². The fourth-order valence-corrected chi connectivity index (χ4v) is 3.73. The van der Waals surface area contributed by atoms with E-state index in [9.17, 15) is 0 Å². The lowest BCUT2D eigenvalue weighted by molar-refractivity contribution is 0.0800. The highest BCUT2D eigenvalue weighted by atomic mass is 15.3. The molecule has 2 fully saturated rings. The van der Waals surface area contributed by atoms with Crippen LogP contribution in [0, 0.1) is 5.92 Å². The molecule has 0 spiro atoms. The quantitative estimate of drug-likeness (QED) is 0.824. The Morgan fingerprint density at radius 1 is 1.11 bits per heavy atom. The summed E-state index contributed by atoms with van der Waals surface area (Å²) in [6.45, 7) is 3.64. The van der Waals surface area contributed by atoms with Gasteiger partial charge in [-0.15, -0.1) is 0 Å². The van der Waals surface area contributed by atoms with Crippen LogP contribution in [0.1, 0.15) is 38.5 Å². The molecule has 0 aromatic heterocycles. The van der Waals surface area contributed by atoms with Gasteiger partial charge in [0.1, 0.15) is 0 Å². The van der Waals surface area contributed by atoms with Crippen LogP contribution in [-0.4, -0.2) is 62.7 Å². The molecule has 2 rings (SSSR count). The highest BCUT2D eigenvalue weighted by Gasteiger charge is 2.30. The zero-order chi connectivity index (χ0) is 13.0. The summed E-state index contributed by atoms with van der Waals surface area (Å²) in [7, 11) is 6.70. The minimum atomic E-state index is 0.667. The Kier molecular flexibility index (Phi) is 5.46. The van der Waals surface area contributed by atoms with Crippen molar-refractivity contribution in [3.63, 3.8) is 0 Å². The predicted molar refractivity (Wildman–Crippen MR) is 78.0 cm³/mol. The second-order valence-electron chi connectivity index (χ2n) is 6.45. The zero-order valence-corrected chi connectivity index (χ0v) is 12.5. The molecule has 106 valence electrons. The molecule has 1 saturated carbocycles. The second kappa shape index (κ2) is 6.88. The van der Waals surface area contributed by atoms with E-state index in [2.05, 4.69) is 36.3 Å². The Labute approximate surface area is 113 Å². The van der Waals surface area contributed by atoms with E-state index >= 15 is 0 Å². The third-order valence-electron chi connectivity index (χ3n) is 5.05. The van der Waals surface area contributed by atoms with Crippen LogP contribution in [0.5, 0.6) is 0 Å². The fraction of sp³-hybridized carbons (Fsp3) is 1.00. The Bertz CT molecular complexity index is 238. The van der Waals surface area contributed by atoms with Crippen molar-refractivity contribution in [2.45, 2.75) is 50.6 Å². The van der Waals surface area contributed by atoms with Gasteiger partial charge in [0.15, 0.2) is 0 Å². The highest BCUT2D eigenvalue weighted by Crippen LogP contribution is 2.28. The topological polar surface area (TPSA) is 18.5 Å². The van der Waals surface area contributed by atoms with Crippen molar-refractivity contribution in [1.82, 2.24) is 15.1 Å². The smallest absolute Gasteiger partial charge is 0.0373 e. The maximum atomic E-state index is 3.60. The van der Waals surface area contributed by atoms with Crippen LogP contribution in [0.2, 0.25) is 0 Å². The van der Waals surface area contributed by atoms with E-state index in [1.165, 1.54) is 58.2 Å². The average molecular weight is 253 g/mol. The Morgan fingerprint density at radius 3 is 2.50 bits per heavy atom. The van der Waals surface area contributed by atoms with Crippen LogP contribution in [0.15, 0.2) is 0 Å². The first-order valence-corrected chi connectivity index (χ1v) is 7.76. The first-order chi connectivity index (χ1) is 8.70. The molecule has 2 atom stereocenters. The number of hydrogen-bond donors (Lipinski definition) is 1. The van der Waals surface area contributed by atoms with Crippen LogP contribution in [0.25, 0.3) is 0 Å². The molecule has 0 aromatic carbocycles. The molecule has 2 unspecified atom stereocenters. The van der Waals surface area contributed by atoms with Crippen LogP contribution in [0.4, 0.5) is 0 Å². The molecular formula is C15H31N3. The van der Waals surface area contributed by atoms with Crippen LogP contribution in [0.3, 0.4) is 0 Å². The normalized spacial score (nSPS) is 30.5. The lowest BCUT2D eigenvalue weighted by Crippen LogP contribution is -2.58. The summed E-state index contributed by atoms with van der Waals surface area (Å²) in [6.07, 6.45) is 8.68. The molecule has 1 saturated heterocycles. The largest absolute Gasteiger partial charge is 0.315 e. The summed E-state index contributed by atoms with van der Waals surface area (Å²) in [5.41, 5.74) is 0. The van der Waals surface area contributed by atoms with Gasteiger partial charge < -0.3 is 10.2 Å². The minimum Gasteiger partial charge on any atom is -0.315 e. The molecule has 0 radical (unpaired) electrons. The SMILES string of the molecule is CNC(CC1CCCCC1)C1CN(C)CCN1C. The molecule has 0 bridgehead atoms. The summed E-state index contributed by atoms with van der Waals surface area (Å²) >= 11 is 0. The third kappa shape index (κ3) is 3.69. The van der Waals surface area contributed by atoms with Crippen LogP contribution in [-0.2, 0) is 0 Å². The molecular weight excluding hydrogens is 222 g/mol. The molecule has 1 N–H and O–H groups in total. The van der Waals surface area contributed by atoms with Gasteiger partial charge in [-0.25, -0.2) is 0 Å². The van der Waals surface area contributed by atoms with Gasteiger partial charge in [0, 0.05) is 31.7 Å². The predicted octanol–water partition coefficient (Wildman–Crippen LogP) is 1.79. The number of rotatable bonds is 4. The van der Waals surface area contributed by atoms with Gasteiger partial charge in [-0.2, -0.15) is 0 Å². The van der Waals surface area contributed by atoms with Crippen molar-refractivity contribution in [3.8, 4) is 0 Å². The Morgan fingerprint density at radius 2 is 1.83 bits per heavy atom. The summed E-state index contributed by atoms with van der Waals surface area (Å²) in [4.78, 5) is 5.04. The summed E-state index contributed by atoms with van der Waals surface area (Å²) in [5, 5.41) is 3.60. The lowest BCUT2D eigenvalue weighted by atomic mass is 9.83. The van der Waals surface area contributed by atoms with Crippen LogP contribution >= 0.6 is 0 Å². The second-order valence-corrected chi connectivity index (χ2v) is 6.45. The number of nitrogens with zero attached hydrogens (tertiary/aromatic N) is 2. The Hall–Kier alpha value is -0.120. The van der Waals surface area contributed by atoms with Gasteiger partial charge >= 0.3 is 0 Å². The molecule has 0 aromatic rings. The standard InChI is InChI=1S/C15H31N3/c1-16-14(11-13-7-5-4-6-8-13)15-12-17(2)9-10-18(15)3/h13-16H,4-12H2,1-3H3. The van der Waals surface area contributed by atoms with E-state index in [0.717, 1.165) is 5.92 Å². The van der Waals surface area contributed by atoms with E-state index in [1.54, 1.807) is 0 Å².